The van der Waals surface area contributed by atoms with E-state index in [9.17, 15) is 9.90 Å². The van der Waals surface area contributed by atoms with Crippen molar-refractivity contribution in [1.29, 1.82) is 0 Å². The molecule has 1 amide bonds. The summed E-state index contributed by atoms with van der Waals surface area (Å²) in [5.74, 6) is 1.09. The lowest BCUT2D eigenvalue weighted by Gasteiger charge is -2.39. The van der Waals surface area contributed by atoms with Crippen molar-refractivity contribution in [2.24, 2.45) is 5.92 Å². The number of aliphatic hydroxyl groups excluding tert-OH is 1. The Morgan fingerprint density at radius 3 is 2.29 bits per heavy atom. The van der Waals surface area contributed by atoms with Crippen molar-refractivity contribution in [3.05, 3.63) is 0 Å². The summed E-state index contributed by atoms with van der Waals surface area (Å²) < 4.78 is 0. The molecule has 0 saturated carbocycles. The van der Waals surface area contributed by atoms with Gasteiger partial charge in [0, 0.05) is 32.2 Å². The minimum atomic E-state index is 0.219. The highest BCUT2D eigenvalue weighted by Crippen LogP contribution is 2.16. The largest absolute Gasteiger partial charge is 0.395 e. The lowest BCUT2D eigenvalue weighted by Crippen LogP contribution is -2.54. The monoisotopic (exact) mass is 297 g/mol. The molecule has 2 saturated heterocycles. The van der Waals surface area contributed by atoms with Gasteiger partial charge in [0.2, 0.25) is 5.91 Å². The second-order valence-electron chi connectivity index (χ2n) is 6.62. The van der Waals surface area contributed by atoms with Gasteiger partial charge in [-0.2, -0.15) is 0 Å². The number of aliphatic hydroxyl groups is 1. The van der Waals surface area contributed by atoms with Crippen molar-refractivity contribution in [3.8, 4) is 0 Å². The van der Waals surface area contributed by atoms with Gasteiger partial charge in [-0.1, -0.05) is 13.8 Å². The van der Waals surface area contributed by atoms with Gasteiger partial charge in [-0.3, -0.25) is 14.6 Å². The van der Waals surface area contributed by atoms with Gasteiger partial charge in [0.15, 0.2) is 0 Å². The summed E-state index contributed by atoms with van der Waals surface area (Å²) in [6.07, 6.45) is 3.40. The number of nitrogens with zero attached hydrogens (tertiary/aromatic N) is 3. The number of piperidine rings is 1. The first kappa shape index (κ1) is 16.7. The molecular weight excluding hydrogens is 266 g/mol. The number of likely N-dealkylation sites (tertiary alicyclic amines) is 1. The SMILES string of the molecule is CCC(CO)N1CCN(C(=O)CN2CCC(C)CC2)CC1. The van der Waals surface area contributed by atoms with Crippen molar-refractivity contribution in [3.63, 3.8) is 0 Å². The second kappa shape index (κ2) is 8.11. The third-order valence-electron chi connectivity index (χ3n) is 5.10. The van der Waals surface area contributed by atoms with Gasteiger partial charge < -0.3 is 10.0 Å². The molecule has 0 aliphatic carbocycles. The summed E-state index contributed by atoms with van der Waals surface area (Å²) in [6, 6.07) is 0.255. The lowest BCUT2D eigenvalue weighted by molar-refractivity contribution is -0.135. The Hall–Kier alpha value is -0.650. The highest BCUT2D eigenvalue weighted by atomic mass is 16.3. The van der Waals surface area contributed by atoms with Crippen molar-refractivity contribution in [1.82, 2.24) is 14.7 Å². The molecule has 0 aromatic heterocycles. The molecule has 1 unspecified atom stereocenters. The number of hydrogen-bond acceptors (Lipinski definition) is 4. The first-order chi connectivity index (χ1) is 10.1. The van der Waals surface area contributed by atoms with Crippen molar-refractivity contribution in [2.75, 3.05) is 52.4 Å². The predicted molar refractivity (Wildman–Crippen MR) is 84.2 cm³/mol. The van der Waals surface area contributed by atoms with Crippen molar-refractivity contribution in [2.45, 2.75) is 39.2 Å². The Morgan fingerprint density at radius 1 is 1.14 bits per heavy atom. The minimum absolute atomic E-state index is 0.219. The smallest absolute Gasteiger partial charge is 0.236 e. The van der Waals surface area contributed by atoms with Gasteiger partial charge in [0.1, 0.15) is 0 Å². The molecule has 1 N–H and O–H groups in total. The normalized spacial score (nSPS) is 24.2. The number of rotatable bonds is 5. The summed E-state index contributed by atoms with van der Waals surface area (Å²) in [5.41, 5.74) is 0. The molecule has 2 aliphatic rings. The van der Waals surface area contributed by atoms with Crippen LogP contribution in [0.25, 0.3) is 0 Å². The van der Waals surface area contributed by atoms with E-state index in [-0.39, 0.29) is 18.6 Å². The topological polar surface area (TPSA) is 47.0 Å². The van der Waals surface area contributed by atoms with Crippen LogP contribution in [-0.4, -0.2) is 84.2 Å². The molecule has 122 valence electrons. The summed E-state index contributed by atoms with van der Waals surface area (Å²) in [6.45, 7) is 10.7. The van der Waals surface area contributed by atoms with E-state index in [1.807, 2.05) is 4.90 Å². The van der Waals surface area contributed by atoms with E-state index in [4.69, 9.17) is 0 Å². The van der Waals surface area contributed by atoms with E-state index in [2.05, 4.69) is 23.6 Å². The Morgan fingerprint density at radius 2 is 1.76 bits per heavy atom. The Kier molecular flexibility index (Phi) is 6.45. The average molecular weight is 297 g/mol. The van der Waals surface area contributed by atoms with E-state index < -0.39 is 0 Å². The number of carbonyl (C=O) groups excluding carboxylic acids is 1. The average Bonchev–Trinajstić information content (AvgIpc) is 2.51. The van der Waals surface area contributed by atoms with Crippen molar-refractivity contribution < 1.29 is 9.90 Å². The maximum Gasteiger partial charge on any atom is 0.236 e. The van der Waals surface area contributed by atoms with Crippen LogP contribution in [0.1, 0.15) is 33.1 Å². The number of hydrogen-bond donors (Lipinski definition) is 1. The van der Waals surface area contributed by atoms with Gasteiger partial charge >= 0.3 is 0 Å². The van der Waals surface area contributed by atoms with Crippen LogP contribution in [0.5, 0.6) is 0 Å². The minimum Gasteiger partial charge on any atom is -0.395 e. The number of carbonyl (C=O) groups is 1. The quantitative estimate of drug-likeness (QED) is 0.809. The van der Waals surface area contributed by atoms with Crippen LogP contribution in [0.2, 0.25) is 0 Å². The van der Waals surface area contributed by atoms with E-state index in [1.54, 1.807) is 0 Å². The zero-order valence-electron chi connectivity index (χ0n) is 13.6. The zero-order chi connectivity index (χ0) is 15.2. The third-order valence-corrected chi connectivity index (χ3v) is 5.10. The summed E-state index contributed by atoms with van der Waals surface area (Å²) >= 11 is 0. The molecule has 2 fully saturated rings. The van der Waals surface area contributed by atoms with E-state index in [0.717, 1.165) is 51.6 Å². The maximum atomic E-state index is 12.4. The molecule has 21 heavy (non-hydrogen) atoms. The molecule has 0 aromatic carbocycles. The fourth-order valence-corrected chi connectivity index (χ4v) is 3.35. The van der Waals surface area contributed by atoms with Crippen LogP contribution in [0, 0.1) is 5.92 Å². The van der Waals surface area contributed by atoms with Crippen LogP contribution in [0.4, 0.5) is 0 Å². The molecule has 1 atom stereocenters. The zero-order valence-corrected chi connectivity index (χ0v) is 13.6. The van der Waals surface area contributed by atoms with Gasteiger partial charge in [-0.05, 0) is 38.3 Å². The standard InChI is InChI=1S/C16H31N3O2/c1-3-15(13-20)18-8-10-19(11-9-18)16(21)12-17-6-4-14(2)5-7-17/h14-15,20H,3-13H2,1-2H3. The summed E-state index contributed by atoms with van der Waals surface area (Å²) in [4.78, 5) is 19.0. The van der Waals surface area contributed by atoms with E-state index in [1.165, 1.54) is 12.8 Å². The van der Waals surface area contributed by atoms with Gasteiger partial charge in [0.05, 0.1) is 13.2 Å². The summed E-state index contributed by atoms with van der Waals surface area (Å²) in [7, 11) is 0. The van der Waals surface area contributed by atoms with Crippen LogP contribution >= 0.6 is 0 Å². The molecule has 0 aromatic rings. The maximum absolute atomic E-state index is 12.4. The fraction of sp³-hybridized carbons (Fsp3) is 0.938. The van der Waals surface area contributed by atoms with Gasteiger partial charge in [-0.15, -0.1) is 0 Å². The van der Waals surface area contributed by atoms with Crippen molar-refractivity contribution >= 4 is 5.91 Å². The van der Waals surface area contributed by atoms with Crippen LogP contribution in [0.3, 0.4) is 0 Å². The Bertz CT molecular complexity index is 317. The fourth-order valence-electron chi connectivity index (χ4n) is 3.35. The first-order valence-corrected chi connectivity index (χ1v) is 8.49. The van der Waals surface area contributed by atoms with E-state index in [0.29, 0.717) is 6.54 Å². The van der Waals surface area contributed by atoms with Gasteiger partial charge in [0.25, 0.3) is 0 Å². The van der Waals surface area contributed by atoms with Gasteiger partial charge in [-0.25, -0.2) is 0 Å². The number of piperazine rings is 1. The predicted octanol–water partition coefficient (Wildman–Crippen LogP) is 0.633. The summed E-state index contributed by atoms with van der Waals surface area (Å²) in [5, 5.41) is 9.36. The van der Waals surface area contributed by atoms with Crippen LogP contribution in [-0.2, 0) is 4.79 Å². The molecule has 2 heterocycles. The molecule has 5 nitrogen and oxygen atoms in total. The molecule has 0 radical (unpaired) electrons. The molecule has 2 aliphatic heterocycles. The first-order valence-electron chi connectivity index (χ1n) is 8.49. The second-order valence-corrected chi connectivity index (χ2v) is 6.62. The Balaban J connectivity index is 1.73. The molecular formula is C16H31N3O2. The van der Waals surface area contributed by atoms with Crippen LogP contribution in [0.15, 0.2) is 0 Å². The molecule has 2 rings (SSSR count). The highest BCUT2D eigenvalue weighted by Gasteiger charge is 2.26. The molecule has 5 heteroatoms. The molecule has 0 bridgehead atoms. The molecule has 0 spiro atoms. The Labute approximate surface area is 128 Å². The third kappa shape index (κ3) is 4.66. The van der Waals surface area contributed by atoms with Crippen LogP contribution < -0.4 is 0 Å². The number of amides is 1. The van der Waals surface area contributed by atoms with E-state index >= 15 is 0 Å². The highest BCUT2D eigenvalue weighted by molar-refractivity contribution is 5.78. The lowest BCUT2D eigenvalue weighted by atomic mass is 9.99.